The number of hydrogen-bond acceptors (Lipinski definition) is 4. The Morgan fingerprint density at radius 2 is 1.89 bits per heavy atom. The Hall–Kier alpha value is -2.34. The maximum Gasteiger partial charge on any atom is 0.213 e. The van der Waals surface area contributed by atoms with E-state index in [1.165, 1.54) is 18.4 Å². The molecule has 0 aliphatic carbocycles. The lowest BCUT2D eigenvalue weighted by atomic mass is 9.94. The number of oxazole rings is 1. The van der Waals surface area contributed by atoms with Crippen LogP contribution in [0.4, 0.5) is 0 Å². The van der Waals surface area contributed by atoms with Crippen molar-refractivity contribution in [2.75, 3.05) is 26.7 Å². The number of aliphatic imine (C=N–C) groups is 1. The molecule has 1 aliphatic heterocycles. The zero-order chi connectivity index (χ0) is 20.0. The molecule has 1 aliphatic rings. The van der Waals surface area contributed by atoms with Gasteiger partial charge in [-0.2, -0.15) is 0 Å². The van der Waals surface area contributed by atoms with Gasteiger partial charge in [0.25, 0.3) is 0 Å². The molecular weight excluding hydrogens is 350 g/mol. The summed E-state index contributed by atoms with van der Waals surface area (Å²) < 4.78 is 5.85. The molecule has 0 radical (unpaired) electrons. The van der Waals surface area contributed by atoms with E-state index in [2.05, 4.69) is 76.6 Å². The summed E-state index contributed by atoms with van der Waals surface area (Å²) in [6.45, 7) is 9.98. The van der Waals surface area contributed by atoms with Crippen molar-refractivity contribution < 1.29 is 4.42 Å². The normalized spacial score (nSPS) is 16.9. The van der Waals surface area contributed by atoms with Crippen molar-refractivity contribution >= 4 is 5.96 Å². The van der Waals surface area contributed by atoms with Gasteiger partial charge in [0.1, 0.15) is 5.76 Å². The summed E-state index contributed by atoms with van der Waals surface area (Å²) in [5.41, 5.74) is 1.30. The standard InChI is InChI=1S/C22H33N5O/c1-22(2,3)19-15-24-20(28-19)16-26-21(23-4)25-14-18(27-12-8-9-13-27)17-10-6-5-7-11-17/h5-7,10-11,15,18H,8-9,12-14,16H2,1-4H3,(H2,23,25,26). The van der Waals surface area contributed by atoms with Crippen LogP contribution in [0.3, 0.4) is 0 Å². The molecule has 1 fully saturated rings. The van der Waals surface area contributed by atoms with Gasteiger partial charge in [0, 0.05) is 19.0 Å². The predicted octanol–water partition coefficient (Wildman–Crippen LogP) is 3.47. The van der Waals surface area contributed by atoms with Crippen LogP contribution in [-0.2, 0) is 12.0 Å². The Morgan fingerprint density at radius 1 is 1.18 bits per heavy atom. The van der Waals surface area contributed by atoms with Gasteiger partial charge >= 0.3 is 0 Å². The number of hydrogen-bond donors (Lipinski definition) is 2. The molecule has 0 saturated carbocycles. The van der Waals surface area contributed by atoms with Crippen molar-refractivity contribution in [3.63, 3.8) is 0 Å². The van der Waals surface area contributed by atoms with Crippen LogP contribution in [0.2, 0.25) is 0 Å². The highest BCUT2D eigenvalue weighted by Gasteiger charge is 2.23. The first-order valence-corrected chi connectivity index (χ1v) is 10.2. The van der Waals surface area contributed by atoms with Gasteiger partial charge < -0.3 is 15.1 Å². The minimum Gasteiger partial charge on any atom is -0.443 e. The van der Waals surface area contributed by atoms with Gasteiger partial charge in [-0.25, -0.2) is 4.98 Å². The smallest absolute Gasteiger partial charge is 0.213 e. The maximum absolute atomic E-state index is 5.85. The van der Waals surface area contributed by atoms with Gasteiger partial charge in [-0.3, -0.25) is 9.89 Å². The maximum atomic E-state index is 5.85. The van der Waals surface area contributed by atoms with E-state index in [0.717, 1.165) is 31.4 Å². The molecule has 1 unspecified atom stereocenters. The molecule has 6 nitrogen and oxygen atoms in total. The molecule has 0 bridgehead atoms. The number of likely N-dealkylation sites (tertiary alicyclic amines) is 1. The second-order valence-corrected chi connectivity index (χ2v) is 8.34. The summed E-state index contributed by atoms with van der Waals surface area (Å²) in [4.78, 5) is 11.3. The highest BCUT2D eigenvalue weighted by Crippen LogP contribution is 2.24. The molecule has 1 atom stereocenters. The lowest BCUT2D eigenvalue weighted by Gasteiger charge is -2.28. The van der Waals surface area contributed by atoms with Crippen molar-refractivity contribution in [1.29, 1.82) is 0 Å². The van der Waals surface area contributed by atoms with Gasteiger partial charge in [-0.05, 0) is 31.5 Å². The van der Waals surface area contributed by atoms with Gasteiger partial charge in [-0.1, -0.05) is 51.1 Å². The SMILES string of the molecule is CN=C(NCc1ncc(C(C)(C)C)o1)NCC(c1ccccc1)N1CCCC1. The summed E-state index contributed by atoms with van der Waals surface area (Å²) >= 11 is 0. The van der Waals surface area contributed by atoms with Crippen LogP contribution in [-0.4, -0.2) is 42.5 Å². The van der Waals surface area contributed by atoms with Crippen LogP contribution < -0.4 is 10.6 Å². The van der Waals surface area contributed by atoms with E-state index < -0.39 is 0 Å². The fraction of sp³-hybridized carbons (Fsp3) is 0.545. The molecule has 3 rings (SSSR count). The van der Waals surface area contributed by atoms with Crippen molar-refractivity contribution in [3.05, 3.63) is 53.7 Å². The van der Waals surface area contributed by atoms with E-state index in [1.807, 2.05) is 6.20 Å². The molecule has 2 heterocycles. The molecule has 1 aromatic carbocycles. The number of rotatable bonds is 6. The monoisotopic (exact) mass is 383 g/mol. The summed E-state index contributed by atoms with van der Waals surface area (Å²) in [5, 5.41) is 6.79. The molecule has 2 aromatic rings. The molecule has 1 aromatic heterocycles. The molecule has 152 valence electrons. The third-order valence-corrected chi connectivity index (χ3v) is 5.15. The predicted molar refractivity (Wildman–Crippen MR) is 113 cm³/mol. The van der Waals surface area contributed by atoms with Gasteiger partial charge in [-0.15, -0.1) is 0 Å². The van der Waals surface area contributed by atoms with Crippen LogP contribution in [0, 0.1) is 0 Å². The zero-order valence-electron chi connectivity index (χ0n) is 17.5. The first kappa shape index (κ1) is 20.4. The zero-order valence-corrected chi connectivity index (χ0v) is 17.5. The largest absolute Gasteiger partial charge is 0.443 e. The van der Waals surface area contributed by atoms with Crippen LogP contribution in [0.5, 0.6) is 0 Å². The summed E-state index contributed by atoms with van der Waals surface area (Å²) in [5.74, 6) is 2.33. The summed E-state index contributed by atoms with van der Waals surface area (Å²) in [6, 6.07) is 11.1. The molecule has 6 heteroatoms. The quantitative estimate of drug-likeness (QED) is 0.591. The van der Waals surface area contributed by atoms with Crippen LogP contribution in [0.1, 0.15) is 56.9 Å². The molecule has 2 N–H and O–H groups in total. The Labute approximate surface area is 168 Å². The number of aromatic nitrogens is 1. The molecule has 0 amide bonds. The van der Waals surface area contributed by atoms with Crippen molar-refractivity contribution in [3.8, 4) is 0 Å². The van der Waals surface area contributed by atoms with E-state index in [9.17, 15) is 0 Å². The minimum atomic E-state index is -0.0379. The lowest BCUT2D eigenvalue weighted by Crippen LogP contribution is -2.42. The van der Waals surface area contributed by atoms with Gasteiger partial charge in [0.05, 0.1) is 18.8 Å². The second kappa shape index (κ2) is 9.24. The van der Waals surface area contributed by atoms with Crippen LogP contribution in [0.25, 0.3) is 0 Å². The van der Waals surface area contributed by atoms with Crippen molar-refractivity contribution in [2.24, 2.45) is 4.99 Å². The van der Waals surface area contributed by atoms with E-state index >= 15 is 0 Å². The fourth-order valence-corrected chi connectivity index (χ4v) is 3.50. The van der Waals surface area contributed by atoms with Crippen molar-refractivity contribution in [1.82, 2.24) is 20.5 Å². The topological polar surface area (TPSA) is 65.7 Å². The summed E-state index contributed by atoms with van der Waals surface area (Å²) in [6.07, 6.45) is 4.36. The van der Waals surface area contributed by atoms with Gasteiger partial charge in [0.15, 0.2) is 5.96 Å². The third kappa shape index (κ3) is 5.35. The average Bonchev–Trinajstić information content (AvgIpc) is 3.37. The first-order chi connectivity index (χ1) is 13.5. The Bertz CT molecular complexity index is 757. The lowest BCUT2D eigenvalue weighted by molar-refractivity contribution is 0.245. The second-order valence-electron chi connectivity index (χ2n) is 8.34. The number of benzene rings is 1. The van der Waals surface area contributed by atoms with E-state index in [4.69, 9.17) is 4.42 Å². The van der Waals surface area contributed by atoms with Crippen LogP contribution in [0.15, 0.2) is 45.9 Å². The Balaban J connectivity index is 1.58. The highest BCUT2D eigenvalue weighted by molar-refractivity contribution is 5.79. The number of guanidine groups is 1. The molecule has 0 spiro atoms. The van der Waals surface area contributed by atoms with Crippen LogP contribution >= 0.6 is 0 Å². The van der Waals surface area contributed by atoms with E-state index in [0.29, 0.717) is 18.5 Å². The average molecular weight is 384 g/mol. The van der Waals surface area contributed by atoms with Gasteiger partial charge in [0.2, 0.25) is 5.89 Å². The van der Waals surface area contributed by atoms with Crippen molar-refractivity contribution in [2.45, 2.75) is 51.6 Å². The van der Waals surface area contributed by atoms with E-state index in [-0.39, 0.29) is 5.41 Å². The third-order valence-electron chi connectivity index (χ3n) is 5.15. The Morgan fingerprint density at radius 3 is 2.50 bits per heavy atom. The molecular formula is C22H33N5O. The molecule has 1 saturated heterocycles. The first-order valence-electron chi connectivity index (χ1n) is 10.2. The fourth-order valence-electron chi connectivity index (χ4n) is 3.50. The minimum absolute atomic E-state index is 0.0379. The molecule has 28 heavy (non-hydrogen) atoms. The highest BCUT2D eigenvalue weighted by atomic mass is 16.4. The summed E-state index contributed by atoms with van der Waals surface area (Å²) in [7, 11) is 1.79. The number of nitrogens with zero attached hydrogens (tertiary/aromatic N) is 3. The number of nitrogens with one attached hydrogen (secondary N) is 2. The Kier molecular flexibility index (Phi) is 6.73. The van der Waals surface area contributed by atoms with E-state index in [1.54, 1.807) is 7.05 Å².